The van der Waals surface area contributed by atoms with Crippen molar-refractivity contribution in [2.45, 2.75) is 17.9 Å². The number of pyridine rings is 1. The third kappa shape index (κ3) is 4.33. The topological polar surface area (TPSA) is 57.0 Å². The molecule has 2 aromatic carbocycles. The van der Waals surface area contributed by atoms with Gasteiger partial charge in [0.25, 0.3) is 0 Å². The van der Waals surface area contributed by atoms with Gasteiger partial charge in [-0.1, -0.05) is 72.4 Å². The molecule has 1 fully saturated rings. The Morgan fingerprint density at radius 2 is 1.62 bits per heavy atom. The summed E-state index contributed by atoms with van der Waals surface area (Å²) in [6, 6.07) is 24.1. The van der Waals surface area contributed by atoms with E-state index in [9.17, 15) is 10.1 Å². The zero-order valence-electron chi connectivity index (χ0n) is 16.0. The first-order valence-corrected chi connectivity index (χ1v) is 10.7. The molecule has 1 aliphatic rings. The maximum absolute atomic E-state index is 12.5. The Balaban J connectivity index is 1.74. The lowest BCUT2D eigenvalue weighted by Crippen LogP contribution is -2.29. The van der Waals surface area contributed by atoms with E-state index >= 15 is 0 Å². The fourth-order valence-electron chi connectivity index (χ4n) is 3.52. The van der Waals surface area contributed by atoms with Crippen LogP contribution in [0, 0.1) is 11.3 Å². The van der Waals surface area contributed by atoms with Crippen molar-refractivity contribution in [1.82, 2.24) is 9.88 Å². The largest absolute Gasteiger partial charge is 0.342 e. The number of carbonyl (C=O) groups is 1. The summed E-state index contributed by atoms with van der Waals surface area (Å²) in [6.07, 6.45) is 2.14. The van der Waals surface area contributed by atoms with Crippen LogP contribution in [0.4, 0.5) is 0 Å². The third-order valence-corrected chi connectivity index (χ3v) is 6.00. The van der Waals surface area contributed by atoms with Gasteiger partial charge >= 0.3 is 0 Å². The summed E-state index contributed by atoms with van der Waals surface area (Å²) < 4.78 is 0. The quantitative estimate of drug-likeness (QED) is 0.567. The highest BCUT2D eigenvalue weighted by Gasteiger charge is 2.20. The van der Waals surface area contributed by atoms with Crippen LogP contribution in [-0.2, 0) is 4.79 Å². The number of rotatable bonds is 5. The van der Waals surface area contributed by atoms with Crippen molar-refractivity contribution in [2.75, 3.05) is 18.8 Å². The average Bonchev–Trinajstić information content (AvgIpc) is 3.33. The monoisotopic (exact) mass is 399 g/mol. The minimum Gasteiger partial charge on any atom is -0.342 e. The molecule has 29 heavy (non-hydrogen) atoms. The summed E-state index contributed by atoms with van der Waals surface area (Å²) in [4.78, 5) is 19.2. The highest BCUT2D eigenvalue weighted by atomic mass is 32.2. The Bertz CT molecular complexity index is 1040. The van der Waals surface area contributed by atoms with Crippen LogP contribution in [0.5, 0.6) is 0 Å². The van der Waals surface area contributed by atoms with E-state index in [1.165, 1.54) is 11.8 Å². The fourth-order valence-corrected chi connectivity index (χ4v) is 4.43. The van der Waals surface area contributed by atoms with E-state index in [-0.39, 0.29) is 5.91 Å². The van der Waals surface area contributed by atoms with E-state index in [1.807, 2.05) is 71.6 Å². The molecule has 144 valence electrons. The van der Waals surface area contributed by atoms with Gasteiger partial charge in [-0.2, -0.15) is 5.26 Å². The van der Waals surface area contributed by atoms with Gasteiger partial charge in [-0.25, -0.2) is 4.98 Å². The molecule has 2 heterocycles. The highest BCUT2D eigenvalue weighted by molar-refractivity contribution is 8.00. The van der Waals surface area contributed by atoms with Crippen molar-refractivity contribution >= 4 is 17.7 Å². The molecule has 0 atom stereocenters. The fraction of sp³-hybridized carbons (Fsp3) is 0.208. The molecule has 0 saturated carbocycles. The number of likely N-dealkylation sites (tertiary alicyclic amines) is 1. The summed E-state index contributed by atoms with van der Waals surface area (Å²) in [5, 5.41) is 10.5. The molecule has 1 saturated heterocycles. The highest BCUT2D eigenvalue weighted by Crippen LogP contribution is 2.34. The second-order valence-electron chi connectivity index (χ2n) is 6.96. The maximum atomic E-state index is 12.5. The molecule has 4 nitrogen and oxygen atoms in total. The third-order valence-electron chi connectivity index (χ3n) is 5.04. The van der Waals surface area contributed by atoms with E-state index in [2.05, 4.69) is 6.07 Å². The molecular formula is C24H21N3OS. The lowest BCUT2D eigenvalue weighted by atomic mass is 9.99. The number of nitriles is 1. The standard InChI is InChI=1S/C24H21N3OS/c25-16-21-20(18-9-3-1-4-10-18)15-22(19-11-5-2-6-12-19)26-24(21)29-17-23(28)27-13-7-8-14-27/h1-6,9-12,15H,7-8,13-14,17H2. The molecule has 0 N–H and O–H groups in total. The molecule has 0 bridgehead atoms. The van der Waals surface area contributed by atoms with E-state index in [1.54, 1.807) is 0 Å². The van der Waals surface area contributed by atoms with Crippen LogP contribution in [0.15, 0.2) is 71.8 Å². The van der Waals surface area contributed by atoms with E-state index in [4.69, 9.17) is 4.98 Å². The molecule has 5 heteroatoms. The molecule has 0 radical (unpaired) electrons. The SMILES string of the molecule is N#Cc1c(-c2ccccc2)cc(-c2ccccc2)nc1SCC(=O)N1CCCC1. The average molecular weight is 400 g/mol. The lowest BCUT2D eigenvalue weighted by Gasteiger charge is -2.16. The summed E-state index contributed by atoms with van der Waals surface area (Å²) >= 11 is 1.36. The number of aromatic nitrogens is 1. The Kier molecular flexibility index (Phi) is 5.92. The minimum atomic E-state index is 0.115. The first-order valence-electron chi connectivity index (χ1n) is 9.73. The minimum absolute atomic E-state index is 0.115. The molecule has 1 amide bonds. The number of amides is 1. The molecule has 3 aromatic rings. The summed E-state index contributed by atoms with van der Waals surface area (Å²) in [7, 11) is 0. The van der Waals surface area contributed by atoms with Crippen LogP contribution >= 0.6 is 11.8 Å². The van der Waals surface area contributed by atoms with Crippen molar-refractivity contribution in [3.8, 4) is 28.5 Å². The number of carbonyl (C=O) groups excluding carboxylic acids is 1. The van der Waals surface area contributed by atoms with Crippen LogP contribution in [0.3, 0.4) is 0 Å². The van der Waals surface area contributed by atoms with Gasteiger partial charge < -0.3 is 4.90 Å². The van der Waals surface area contributed by atoms with Gasteiger partial charge in [0.05, 0.1) is 17.0 Å². The zero-order valence-corrected chi connectivity index (χ0v) is 16.9. The molecule has 0 spiro atoms. The van der Waals surface area contributed by atoms with E-state index < -0.39 is 0 Å². The van der Waals surface area contributed by atoms with Crippen LogP contribution in [0.2, 0.25) is 0 Å². The molecule has 4 rings (SSSR count). The second-order valence-corrected chi connectivity index (χ2v) is 7.92. The lowest BCUT2D eigenvalue weighted by molar-refractivity contribution is -0.127. The van der Waals surface area contributed by atoms with Gasteiger partial charge in [0.2, 0.25) is 5.91 Å². The number of benzene rings is 2. The number of nitrogens with zero attached hydrogens (tertiary/aromatic N) is 3. The van der Waals surface area contributed by atoms with Gasteiger partial charge in [-0.3, -0.25) is 4.79 Å². The van der Waals surface area contributed by atoms with Gasteiger partial charge in [0, 0.05) is 24.2 Å². The van der Waals surface area contributed by atoms with Crippen molar-refractivity contribution in [3.63, 3.8) is 0 Å². The number of thioether (sulfide) groups is 1. The summed E-state index contributed by atoms with van der Waals surface area (Å²) in [6.45, 7) is 1.66. The normalized spacial score (nSPS) is 13.3. The van der Waals surface area contributed by atoms with Crippen LogP contribution in [-0.4, -0.2) is 34.6 Å². The molecule has 0 unspecified atom stereocenters. The van der Waals surface area contributed by atoms with Crippen molar-refractivity contribution in [2.24, 2.45) is 0 Å². The van der Waals surface area contributed by atoms with Crippen LogP contribution in [0.1, 0.15) is 18.4 Å². The summed E-state index contributed by atoms with van der Waals surface area (Å²) in [5.41, 5.74) is 4.13. The van der Waals surface area contributed by atoms with Gasteiger partial charge in [-0.15, -0.1) is 0 Å². The Hall–Kier alpha value is -3.10. The molecular weight excluding hydrogens is 378 g/mol. The Morgan fingerprint density at radius 1 is 1.00 bits per heavy atom. The molecule has 0 aliphatic carbocycles. The molecule has 1 aromatic heterocycles. The zero-order chi connectivity index (χ0) is 20.1. The van der Waals surface area contributed by atoms with Gasteiger partial charge in [-0.05, 0) is 24.5 Å². The summed E-state index contributed by atoms with van der Waals surface area (Å²) in [5.74, 6) is 0.415. The predicted molar refractivity (Wildman–Crippen MR) is 116 cm³/mol. The Labute approximate surface area is 175 Å². The van der Waals surface area contributed by atoms with Gasteiger partial charge in [0.15, 0.2) is 0 Å². The van der Waals surface area contributed by atoms with E-state index in [0.717, 1.165) is 48.3 Å². The van der Waals surface area contributed by atoms with Crippen molar-refractivity contribution in [1.29, 1.82) is 5.26 Å². The predicted octanol–water partition coefficient (Wildman–Crippen LogP) is 5.00. The van der Waals surface area contributed by atoms with Crippen molar-refractivity contribution in [3.05, 3.63) is 72.3 Å². The van der Waals surface area contributed by atoms with Gasteiger partial charge in [0.1, 0.15) is 11.1 Å². The van der Waals surface area contributed by atoms with Crippen LogP contribution in [0.25, 0.3) is 22.4 Å². The number of hydrogen-bond donors (Lipinski definition) is 0. The Morgan fingerprint density at radius 3 is 2.24 bits per heavy atom. The first-order chi connectivity index (χ1) is 14.3. The van der Waals surface area contributed by atoms with Crippen molar-refractivity contribution < 1.29 is 4.79 Å². The molecule has 1 aliphatic heterocycles. The van der Waals surface area contributed by atoms with E-state index in [0.29, 0.717) is 16.3 Å². The smallest absolute Gasteiger partial charge is 0.232 e. The maximum Gasteiger partial charge on any atom is 0.232 e. The second kappa shape index (κ2) is 8.93. The number of hydrogen-bond acceptors (Lipinski definition) is 4. The van der Waals surface area contributed by atoms with Crippen LogP contribution < -0.4 is 0 Å². The first kappa shape index (κ1) is 19.2.